The molecule has 4 aromatic rings. The normalized spacial score (nSPS) is 12.8. The van der Waals surface area contributed by atoms with E-state index in [9.17, 15) is 31.2 Å². The van der Waals surface area contributed by atoms with Crippen LogP contribution in [-0.4, -0.2) is 118 Å². The summed E-state index contributed by atoms with van der Waals surface area (Å²) in [6.45, 7) is 17.4. The van der Waals surface area contributed by atoms with Crippen LogP contribution in [0.1, 0.15) is 110 Å². The van der Waals surface area contributed by atoms with Gasteiger partial charge < -0.3 is 37.9 Å². The summed E-state index contributed by atoms with van der Waals surface area (Å²) < 4.78 is 99.3. The molecule has 0 radical (unpaired) electrons. The average molecular weight is 963 g/mol. The monoisotopic (exact) mass is 962 g/mol. The molecule has 19 nitrogen and oxygen atoms in total. The van der Waals surface area contributed by atoms with E-state index in [1.165, 1.54) is 47.5 Å². The molecule has 0 bridgehead atoms. The molecule has 0 fully saturated rings. The molecular weight excluding hydrogens is 901 g/mol. The highest BCUT2D eigenvalue weighted by Gasteiger charge is 2.32. The van der Waals surface area contributed by atoms with Crippen molar-refractivity contribution < 1.29 is 69.1 Å². The van der Waals surface area contributed by atoms with Crippen LogP contribution in [0.2, 0.25) is 0 Å². The zero-order valence-electron chi connectivity index (χ0n) is 40.1. The zero-order valence-corrected chi connectivity index (χ0v) is 41.7. The van der Waals surface area contributed by atoms with Crippen LogP contribution >= 0.6 is 0 Å². The molecule has 0 saturated heterocycles. The SMILES string of the molecule is CCc1nn(C)c(OC(C)OC(=O)OC(C)Oc2c(C(=O)c3ccc(S(C)(=O)=O)c(OCCOC(C)C)c3C)c(CC)nn2C)c1C(=O)c1ccc(S(C)(=O)=O)c(OCCOC(C)C)c1C. The van der Waals surface area contributed by atoms with Crippen LogP contribution in [0.4, 0.5) is 4.79 Å². The lowest BCUT2D eigenvalue weighted by molar-refractivity contribution is -0.0997. The van der Waals surface area contributed by atoms with E-state index in [4.69, 9.17) is 37.9 Å². The van der Waals surface area contributed by atoms with Crippen molar-refractivity contribution in [3.63, 3.8) is 0 Å². The topological polar surface area (TPSA) is 229 Å². The predicted molar refractivity (Wildman–Crippen MR) is 242 cm³/mol. The van der Waals surface area contributed by atoms with Crippen LogP contribution in [0.3, 0.4) is 0 Å². The fraction of sp³-hybridized carbons (Fsp3) is 0.533. The molecule has 2 aromatic carbocycles. The number of carbonyl (C=O) groups is 3. The molecule has 364 valence electrons. The summed E-state index contributed by atoms with van der Waals surface area (Å²) in [5.41, 5.74) is 1.67. The van der Waals surface area contributed by atoms with Crippen LogP contribution in [0.25, 0.3) is 0 Å². The molecule has 66 heavy (non-hydrogen) atoms. The number of hydrogen-bond donors (Lipinski definition) is 0. The standard InChI is InChI=1S/C45H62N4O15S2/c1-15-33-37(39(50)31-17-19-35(65(13,53)54)41(27(31)7)59-23-21-57-25(3)4)43(48(11)46-33)61-29(9)63-45(52)64-30(10)62-44-38(34(16-2)47-49(44)12)40(51)32-18-20-36(66(14,55)56)42(28(32)8)60-24-22-58-26(5)6/h17-20,25-26,29-30H,15-16,21-24H2,1-14H3. The van der Waals surface area contributed by atoms with Crippen LogP contribution in [0.5, 0.6) is 23.3 Å². The lowest BCUT2D eigenvalue weighted by atomic mass is 9.97. The van der Waals surface area contributed by atoms with E-state index in [1.807, 2.05) is 27.7 Å². The molecule has 2 heterocycles. The van der Waals surface area contributed by atoms with Crippen molar-refractivity contribution in [3.8, 4) is 23.3 Å². The highest BCUT2D eigenvalue weighted by molar-refractivity contribution is 7.91. The molecule has 0 N–H and O–H groups in total. The van der Waals surface area contributed by atoms with Crippen molar-refractivity contribution in [2.75, 3.05) is 38.9 Å². The molecule has 21 heteroatoms. The maximum absolute atomic E-state index is 14.3. The summed E-state index contributed by atoms with van der Waals surface area (Å²) in [6, 6.07) is 5.43. The third kappa shape index (κ3) is 12.9. The van der Waals surface area contributed by atoms with Gasteiger partial charge in [-0.05, 0) is 78.6 Å². The molecule has 0 aliphatic heterocycles. The summed E-state index contributed by atoms with van der Waals surface area (Å²) in [4.78, 5) is 41.7. The Labute approximate surface area is 386 Å². The van der Waals surface area contributed by atoms with Crippen molar-refractivity contribution in [1.82, 2.24) is 19.6 Å². The summed E-state index contributed by atoms with van der Waals surface area (Å²) in [7, 11) is -4.41. The van der Waals surface area contributed by atoms with Crippen molar-refractivity contribution in [1.29, 1.82) is 0 Å². The highest BCUT2D eigenvalue weighted by atomic mass is 32.2. The second kappa shape index (κ2) is 22.3. The Hall–Kier alpha value is -5.51. The number of benzene rings is 2. The van der Waals surface area contributed by atoms with Crippen molar-refractivity contribution in [2.45, 2.75) is 117 Å². The Bertz CT molecular complexity index is 2460. The van der Waals surface area contributed by atoms with Gasteiger partial charge in [-0.15, -0.1) is 0 Å². The first-order valence-electron chi connectivity index (χ1n) is 21.4. The maximum Gasteiger partial charge on any atom is 0.514 e. The van der Waals surface area contributed by atoms with Gasteiger partial charge in [-0.1, -0.05) is 13.8 Å². The van der Waals surface area contributed by atoms with E-state index in [1.54, 1.807) is 41.8 Å². The van der Waals surface area contributed by atoms with Crippen LogP contribution in [-0.2, 0) is 65.6 Å². The zero-order chi connectivity index (χ0) is 49.4. The first-order valence-corrected chi connectivity index (χ1v) is 25.2. The summed E-state index contributed by atoms with van der Waals surface area (Å²) in [5, 5.41) is 8.92. The first kappa shape index (κ1) is 53.1. The Morgan fingerprint density at radius 1 is 0.591 bits per heavy atom. The second-order valence-corrected chi connectivity index (χ2v) is 19.9. The molecule has 4 rings (SSSR count). The highest BCUT2D eigenvalue weighted by Crippen LogP contribution is 2.36. The molecule has 0 spiro atoms. The molecule has 0 saturated carbocycles. The number of ether oxygens (including phenoxy) is 8. The summed E-state index contributed by atoms with van der Waals surface area (Å²) in [5.74, 6) is -1.12. The largest absolute Gasteiger partial charge is 0.514 e. The minimum Gasteiger partial charge on any atom is -0.490 e. The van der Waals surface area contributed by atoms with Crippen LogP contribution < -0.4 is 18.9 Å². The van der Waals surface area contributed by atoms with Gasteiger partial charge in [0.15, 0.2) is 19.7 Å². The van der Waals surface area contributed by atoms with Gasteiger partial charge in [0, 0.05) is 62.7 Å². The van der Waals surface area contributed by atoms with Crippen molar-refractivity contribution in [3.05, 3.63) is 69.0 Å². The first-order chi connectivity index (χ1) is 30.8. The van der Waals surface area contributed by atoms with E-state index in [2.05, 4.69) is 10.2 Å². The van der Waals surface area contributed by atoms with Gasteiger partial charge >= 0.3 is 6.16 Å². The molecule has 2 atom stereocenters. The molecular formula is C45H62N4O15S2. The smallest absolute Gasteiger partial charge is 0.490 e. The van der Waals surface area contributed by atoms with Gasteiger partial charge in [0.2, 0.25) is 35.9 Å². The Morgan fingerprint density at radius 2 is 0.939 bits per heavy atom. The number of hydrogen-bond acceptors (Lipinski definition) is 17. The fourth-order valence-corrected chi connectivity index (χ4v) is 8.63. The molecule has 0 aliphatic rings. The van der Waals surface area contributed by atoms with Gasteiger partial charge in [0.05, 0.1) is 36.8 Å². The van der Waals surface area contributed by atoms with Crippen LogP contribution in [0, 0.1) is 13.8 Å². The second-order valence-electron chi connectivity index (χ2n) is 15.9. The van der Waals surface area contributed by atoms with E-state index in [-0.39, 0.29) is 105 Å². The van der Waals surface area contributed by atoms with E-state index in [0.717, 1.165) is 12.5 Å². The Morgan fingerprint density at radius 3 is 1.24 bits per heavy atom. The Kier molecular flexibility index (Phi) is 18.0. The number of nitrogens with zero attached hydrogens (tertiary/aromatic N) is 4. The third-order valence-corrected chi connectivity index (χ3v) is 12.2. The third-order valence-electron chi connectivity index (χ3n) is 9.93. The number of aryl methyl sites for hydroxylation is 4. The Balaban J connectivity index is 1.55. The van der Waals surface area contributed by atoms with E-state index >= 15 is 0 Å². The van der Waals surface area contributed by atoms with Crippen molar-refractivity contribution in [2.24, 2.45) is 14.1 Å². The summed E-state index contributed by atoms with van der Waals surface area (Å²) in [6.07, 6.45) is -1.35. The maximum atomic E-state index is 14.3. The molecule has 2 aromatic heterocycles. The molecule has 0 aliphatic carbocycles. The molecule has 0 amide bonds. The number of carbonyl (C=O) groups excluding carboxylic acids is 3. The van der Waals surface area contributed by atoms with Crippen LogP contribution in [0.15, 0.2) is 34.1 Å². The number of rotatable bonds is 24. The summed E-state index contributed by atoms with van der Waals surface area (Å²) >= 11 is 0. The lowest BCUT2D eigenvalue weighted by Gasteiger charge is -2.20. The van der Waals surface area contributed by atoms with Gasteiger partial charge in [-0.25, -0.2) is 31.0 Å². The van der Waals surface area contributed by atoms with E-state index < -0.39 is 50.0 Å². The number of ketones is 2. The predicted octanol–water partition coefficient (Wildman–Crippen LogP) is 6.07. The van der Waals surface area contributed by atoms with Gasteiger partial charge in [0.1, 0.15) is 45.6 Å². The fourth-order valence-electron chi connectivity index (χ4n) is 6.90. The van der Waals surface area contributed by atoms with Crippen molar-refractivity contribution >= 4 is 37.4 Å². The van der Waals surface area contributed by atoms with E-state index in [0.29, 0.717) is 24.2 Å². The quantitative estimate of drug-likeness (QED) is 0.0336. The minimum absolute atomic E-state index is 0.0188. The van der Waals surface area contributed by atoms with Gasteiger partial charge in [-0.3, -0.25) is 9.59 Å². The molecule has 2 unspecified atom stereocenters. The number of aromatic nitrogens is 4. The number of sulfone groups is 2. The lowest BCUT2D eigenvalue weighted by Crippen LogP contribution is -2.28. The van der Waals surface area contributed by atoms with Gasteiger partial charge in [0.25, 0.3) is 0 Å². The van der Waals surface area contributed by atoms with Gasteiger partial charge in [-0.2, -0.15) is 10.2 Å². The minimum atomic E-state index is -3.75. The average Bonchev–Trinajstić information content (AvgIpc) is 3.70.